The molecule has 2 heteroatoms. The Kier molecular flexibility index (Phi) is 9.66. The molecule has 0 aromatic heterocycles. The van der Waals surface area contributed by atoms with Crippen LogP contribution in [0.3, 0.4) is 0 Å². The lowest BCUT2D eigenvalue weighted by Crippen LogP contribution is -2.12. The molecule has 0 amide bonds. The molecule has 0 bridgehead atoms. The minimum absolute atomic E-state index is 1.13. The van der Waals surface area contributed by atoms with Gasteiger partial charge >= 0.3 is 0 Å². The molecule has 0 fully saturated rings. The molecule has 0 saturated heterocycles. The van der Waals surface area contributed by atoms with Crippen molar-refractivity contribution < 1.29 is 0 Å². The molecule has 0 aliphatic heterocycles. The molecule has 0 saturated carbocycles. The van der Waals surface area contributed by atoms with Crippen LogP contribution in [0.25, 0.3) is 53.9 Å². The summed E-state index contributed by atoms with van der Waals surface area (Å²) in [5.74, 6) is 0. The van der Waals surface area contributed by atoms with E-state index in [9.17, 15) is 0 Å². The number of para-hydroxylation sites is 2. The van der Waals surface area contributed by atoms with Crippen molar-refractivity contribution in [2.45, 2.75) is 27.7 Å². The zero-order chi connectivity index (χ0) is 37.0. The lowest BCUT2D eigenvalue weighted by atomic mass is 9.91. The van der Waals surface area contributed by atoms with Crippen molar-refractivity contribution in [3.8, 4) is 0 Å². The molecule has 10 rings (SSSR count). The highest BCUT2D eigenvalue weighted by Gasteiger charge is 2.23. The fourth-order valence-corrected chi connectivity index (χ4v) is 7.94. The van der Waals surface area contributed by atoms with Crippen LogP contribution in [0.2, 0.25) is 0 Å². The van der Waals surface area contributed by atoms with E-state index in [1.807, 2.05) is 27.7 Å². The second-order valence-corrected chi connectivity index (χ2v) is 12.9. The molecule has 10 aromatic carbocycles. The van der Waals surface area contributed by atoms with Crippen molar-refractivity contribution in [2.75, 3.05) is 9.80 Å². The van der Waals surface area contributed by atoms with Crippen molar-refractivity contribution >= 4 is 88.0 Å². The maximum absolute atomic E-state index is 2.43. The van der Waals surface area contributed by atoms with E-state index in [4.69, 9.17) is 0 Å². The van der Waals surface area contributed by atoms with Gasteiger partial charge in [0.15, 0.2) is 0 Å². The van der Waals surface area contributed by atoms with Crippen LogP contribution < -0.4 is 9.80 Å². The van der Waals surface area contributed by atoms with Gasteiger partial charge in [0, 0.05) is 32.9 Å². The smallest absolute Gasteiger partial charge is 0.0540 e. The molecule has 10 aromatic rings. The van der Waals surface area contributed by atoms with E-state index in [2.05, 4.69) is 204 Å². The Morgan fingerprint density at radius 2 is 0.574 bits per heavy atom. The lowest BCUT2D eigenvalue weighted by Gasteiger charge is -2.30. The van der Waals surface area contributed by atoms with Crippen LogP contribution in [0.4, 0.5) is 34.1 Å². The summed E-state index contributed by atoms with van der Waals surface area (Å²) in [5.41, 5.74) is 6.91. The summed E-state index contributed by atoms with van der Waals surface area (Å²) in [6.07, 6.45) is 0. The molecule has 0 atom stereocenters. The van der Waals surface area contributed by atoms with Gasteiger partial charge in [0.2, 0.25) is 0 Å². The molecular weight excluding hydrogens is 653 g/mol. The van der Waals surface area contributed by atoms with E-state index >= 15 is 0 Å². The van der Waals surface area contributed by atoms with E-state index in [0.29, 0.717) is 0 Å². The number of rotatable bonds is 6. The zero-order valence-corrected chi connectivity index (χ0v) is 31.4. The van der Waals surface area contributed by atoms with Crippen LogP contribution in [0.5, 0.6) is 0 Å². The van der Waals surface area contributed by atoms with Crippen LogP contribution in [-0.4, -0.2) is 0 Å². The maximum atomic E-state index is 2.43. The Hall–Kier alpha value is -6.64. The maximum Gasteiger partial charge on any atom is 0.0540 e. The quantitative estimate of drug-likeness (QED) is 0.160. The molecule has 2 nitrogen and oxygen atoms in total. The van der Waals surface area contributed by atoms with Crippen LogP contribution in [0.15, 0.2) is 194 Å². The summed E-state index contributed by atoms with van der Waals surface area (Å²) in [4.78, 5) is 4.86. The molecular formula is C52H44N2. The number of benzene rings is 10. The Morgan fingerprint density at radius 3 is 1.00 bits per heavy atom. The Morgan fingerprint density at radius 1 is 0.241 bits per heavy atom. The zero-order valence-electron chi connectivity index (χ0n) is 31.4. The van der Waals surface area contributed by atoms with E-state index in [1.54, 1.807) is 0 Å². The van der Waals surface area contributed by atoms with Crippen LogP contribution in [0.1, 0.15) is 27.7 Å². The predicted molar refractivity (Wildman–Crippen MR) is 237 cm³/mol. The SMILES string of the molecule is CC.CC.c1ccc(N(c2cccc3ccccc23)c2ccc3ccc4c(N(c5ccccc5)c5cccc6ccccc56)ccc5ccc2c3c54)cc1. The second-order valence-electron chi connectivity index (χ2n) is 12.9. The summed E-state index contributed by atoms with van der Waals surface area (Å²) >= 11 is 0. The van der Waals surface area contributed by atoms with E-state index in [-0.39, 0.29) is 0 Å². The monoisotopic (exact) mass is 696 g/mol. The topological polar surface area (TPSA) is 6.48 Å². The summed E-state index contributed by atoms with van der Waals surface area (Å²) in [5, 5.41) is 12.4. The van der Waals surface area contributed by atoms with E-state index < -0.39 is 0 Å². The van der Waals surface area contributed by atoms with Crippen LogP contribution >= 0.6 is 0 Å². The highest BCUT2D eigenvalue weighted by Crippen LogP contribution is 2.48. The summed E-state index contributed by atoms with van der Waals surface area (Å²) in [6.45, 7) is 8.00. The fraction of sp³-hybridized carbons (Fsp3) is 0.0769. The minimum Gasteiger partial charge on any atom is -0.309 e. The summed E-state index contributed by atoms with van der Waals surface area (Å²) < 4.78 is 0. The third-order valence-corrected chi connectivity index (χ3v) is 10.1. The van der Waals surface area contributed by atoms with Crippen LogP contribution in [-0.2, 0) is 0 Å². The largest absolute Gasteiger partial charge is 0.309 e. The van der Waals surface area contributed by atoms with Crippen LogP contribution in [0, 0.1) is 0 Å². The predicted octanol–water partition coefficient (Wildman–Crippen LogP) is 15.9. The Bertz CT molecular complexity index is 2620. The van der Waals surface area contributed by atoms with Gasteiger partial charge in [-0.15, -0.1) is 0 Å². The van der Waals surface area contributed by atoms with E-state index in [1.165, 1.54) is 53.9 Å². The third kappa shape index (κ3) is 5.87. The Labute approximate surface area is 318 Å². The van der Waals surface area contributed by atoms with Gasteiger partial charge in [-0.25, -0.2) is 0 Å². The van der Waals surface area contributed by atoms with Crippen molar-refractivity contribution in [1.82, 2.24) is 0 Å². The van der Waals surface area contributed by atoms with Gasteiger partial charge in [0.25, 0.3) is 0 Å². The second kappa shape index (κ2) is 15.1. The van der Waals surface area contributed by atoms with Crippen molar-refractivity contribution in [3.63, 3.8) is 0 Å². The minimum atomic E-state index is 1.13. The van der Waals surface area contributed by atoms with Gasteiger partial charge in [0.1, 0.15) is 0 Å². The van der Waals surface area contributed by atoms with Gasteiger partial charge in [0.05, 0.1) is 22.7 Å². The van der Waals surface area contributed by atoms with E-state index in [0.717, 1.165) is 34.1 Å². The van der Waals surface area contributed by atoms with Gasteiger partial charge in [-0.3, -0.25) is 0 Å². The molecule has 0 N–H and O–H groups in total. The van der Waals surface area contributed by atoms with Gasteiger partial charge in [-0.2, -0.15) is 0 Å². The molecule has 0 radical (unpaired) electrons. The highest BCUT2D eigenvalue weighted by molar-refractivity contribution is 6.28. The Balaban J connectivity index is 0.00000100. The first-order valence-electron chi connectivity index (χ1n) is 19.2. The number of hydrogen-bond acceptors (Lipinski definition) is 2. The van der Waals surface area contributed by atoms with Crippen molar-refractivity contribution in [3.05, 3.63) is 194 Å². The number of hydrogen-bond donors (Lipinski definition) is 0. The number of anilines is 6. The van der Waals surface area contributed by atoms with Gasteiger partial charge in [-0.05, 0) is 80.8 Å². The van der Waals surface area contributed by atoms with Gasteiger partial charge in [-0.1, -0.05) is 173 Å². The first kappa shape index (κ1) is 34.4. The third-order valence-electron chi connectivity index (χ3n) is 10.1. The standard InChI is InChI=1S/C48H32N2.2C2H6/c1-3-17-37(18-4-1)49(43-23-11-15-33-13-7-9-21-39(33)43)45-31-27-35-26-30-42-46(32-28-36-25-29-41(45)47(35)48(36)42)50(38-19-5-2-6-20-38)44-24-12-16-34-14-8-10-22-40(34)44;2*1-2/h1-32H;2*1-2H3. The highest BCUT2D eigenvalue weighted by atomic mass is 15.2. The molecule has 0 unspecified atom stereocenters. The first-order chi connectivity index (χ1) is 26.8. The number of nitrogens with zero attached hydrogens (tertiary/aromatic N) is 2. The lowest BCUT2D eigenvalue weighted by molar-refractivity contribution is 1.31. The van der Waals surface area contributed by atoms with Crippen molar-refractivity contribution in [2.24, 2.45) is 0 Å². The molecule has 262 valence electrons. The summed E-state index contributed by atoms with van der Waals surface area (Å²) in [6, 6.07) is 70.5. The molecule has 0 spiro atoms. The molecule has 0 aliphatic carbocycles. The summed E-state index contributed by atoms with van der Waals surface area (Å²) in [7, 11) is 0. The average Bonchev–Trinajstić information content (AvgIpc) is 3.26. The molecule has 0 aliphatic rings. The number of fused-ring (bicyclic) bond motifs is 2. The first-order valence-corrected chi connectivity index (χ1v) is 19.2. The molecule has 54 heavy (non-hydrogen) atoms. The van der Waals surface area contributed by atoms with Crippen molar-refractivity contribution in [1.29, 1.82) is 0 Å². The normalized spacial score (nSPS) is 11.0. The van der Waals surface area contributed by atoms with Gasteiger partial charge < -0.3 is 9.80 Å². The average molecular weight is 697 g/mol. The molecule has 0 heterocycles. The fourth-order valence-electron chi connectivity index (χ4n) is 7.94.